The van der Waals surface area contributed by atoms with Crippen molar-refractivity contribution in [3.8, 4) is 34.5 Å². The van der Waals surface area contributed by atoms with Crippen LogP contribution in [0.2, 0.25) is 0 Å². The zero-order valence-electron chi connectivity index (χ0n) is 17.3. The quantitative estimate of drug-likeness (QED) is 0.363. The van der Waals surface area contributed by atoms with Crippen molar-refractivity contribution < 1.29 is 27.6 Å². The molecule has 4 N–H and O–H groups in total. The Bertz CT molecular complexity index is 1210. The van der Waals surface area contributed by atoms with E-state index in [4.69, 9.17) is 21.3 Å². The fraction of sp³-hybridized carbons (Fsp3) is 0. The molecule has 0 radical (unpaired) electrons. The third-order valence-electron chi connectivity index (χ3n) is 4.66. The molecule has 0 unspecified atom stereocenters. The van der Waals surface area contributed by atoms with Crippen LogP contribution in [-0.2, 0) is 9.84 Å². The van der Waals surface area contributed by atoms with Crippen LogP contribution >= 0.6 is 0 Å². The van der Waals surface area contributed by atoms with E-state index in [9.17, 15) is 8.42 Å². The molecule has 4 aromatic rings. The molecule has 0 saturated heterocycles. The van der Waals surface area contributed by atoms with Crippen LogP contribution in [0, 0.1) is 0 Å². The van der Waals surface area contributed by atoms with Crippen molar-refractivity contribution >= 4 is 9.84 Å². The lowest BCUT2D eigenvalue weighted by Gasteiger charge is -2.10. The van der Waals surface area contributed by atoms with Gasteiger partial charge in [-0.25, -0.2) is 8.42 Å². The number of rotatable bonds is 8. The largest absolute Gasteiger partial charge is 0.457 e. The second-order valence-corrected chi connectivity index (χ2v) is 8.78. The van der Waals surface area contributed by atoms with E-state index in [0.717, 1.165) is 0 Å². The minimum atomic E-state index is -3.71. The van der Waals surface area contributed by atoms with Crippen LogP contribution in [0.4, 0.5) is 0 Å². The zero-order chi connectivity index (χ0) is 23.3. The first-order valence-corrected chi connectivity index (χ1v) is 11.2. The molecule has 0 aliphatic rings. The van der Waals surface area contributed by atoms with Gasteiger partial charge in [-0.1, -0.05) is 0 Å². The van der Waals surface area contributed by atoms with Crippen LogP contribution < -0.4 is 30.9 Å². The highest BCUT2D eigenvalue weighted by Crippen LogP contribution is 2.29. The van der Waals surface area contributed by atoms with E-state index >= 15 is 0 Å². The molecule has 0 spiro atoms. The van der Waals surface area contributed by atoms with Crippen molar-refractivity contribution in [3.05, 3.63) is 97.1 Å². The molecule has 0 atom stereocenters. The Balaban J connectivity index is 1.45. The van der Waals surface area contributed by atoms with Crippen LogP contribution in [0.25, 0.3) is 0 Å². The fourth-order valence-corrected chi connectivity index (χ4v) is 4.22. The van der Waals surface area contributed by atoms with Crippen molar-refractivity contribution in [2.75, 3.05) is 0 Å². The van der Waals surface area contributed by atoms with Gasteiger partial charge in [0.25, 0.3) is 0 Å². The molecular weight excluding hydrogens is 444 g/mol. The summed E-state index contributed by atoms with van der Waals surface area (Å²) in [5, 5.41) is 0. The van der Waals surface area contributed by atoms with Crippen molar-refractivity contribution in [1.29, 1.82) is 0 Å². The fourth-order valence-electron chi connectivity index (χ4n) is 2.95. The van der Waals surface area contributed by atoms with Gasteiger partial charge in [-0.3, -0.25) is 0 Å². The molecule has 0 aliphatic carbocycles. The van der Waals surface area contributed by atoms with Crippen molar-refractivity contribution in [3.63, 3.8) is 0 Å². The summed E-state index contributed by atoms with van der Waals surface area (Å²) in [6, 6.07) is 25.7. The molecule has 0 fully saturated rings. The van der Waals surface area contributed by atoms with Crippen LogP contribution in [0.1, 0.15) is 0 Å². The maximum absolute atomic E-state index is 13.0. The molecule has 0 aliphatic heterocycles. The molecular formula is C24H20N2O6S. The summed E-state index contributed by atoms with van der Waals surface area (Å²) in [5.41, 5.74) is 0. The van der Waals surface area contributed by atoms with Crippen molar-refractivity contribution in [2.24, 2.45) is 11.8 Å². The summed E-state index contributed by atoms with van der Waals surface area (Å²) < 4.78 is 37.4. The van der Waals surface area contributed by atoms with E-state index in [1.54, 1.807) is 72.8 Å². The highest BCUT2D eigenvalue weighted by molar-refractivity contribution is 7.91. The standard InChI is InChI=1S/C24H20N2O6S/c25-31-21-5-1-17(2-6-21)29-19-9-13-23(14-10-19)33(27,28)24-15-11-20(12-16-24)30-18-3-7-22(32-26)8-4-18/h1-16H,25-26H2. The molecule has 4 rings (SSSR count). The van der Waals surface area contributed by atoms with Crippen LogP contribution in [-0.4, -0.2) is 8.42 Å². The SMILES string of the molecule is NOc1ccc(Oc2ccc(S(=O)(=O)c3ccc(Oc4ccc(ON)cc4)cc3)cc2)cc1. The molecule has 9 heteroatoms. The van der Waals surface area contributed by atoms with Gasteiger partial charge in [0.2, 0.25) is 9.84 Å². The first-order valence-electron chi connectivity index (χ1n) is 9.72. The van der Waals surface area contributed by atoms with Gasteiger partial charge in [-0.2, -0.15) is 11.8 Å². The Kier molecular flexibility index (Phi) is 6.45. The van der Waals surface area contributed by atoms with E-state index in [1.165, 1.54) is 24.3 Å². The van der Waals surface area contributed by atoms with Gasteiger partial charge in [-0.05, 0) is 97.1 Å². The van der Waals surface area contributed by atoms with Crippen molar-refractivity contribution in [2.45, 2.75) is 9.79 Å². The summed E-state index contributed by atoms with van der Waals surface area (Å²) in [6.45, 7) is 0. The Labute approximate surface area is 190 Å². The summed E-state index contributed by atoms with van der Waals surface area (Å²) in [5.74, 6) is 13.3. The highest BCUT2D eigenvalue weighted by Gasteiger charge is 2.18. The average molecular weight is 464 g/mol. The molecule has 33 heavy (non-hydrogen) atoms. The molecule has 0 heterocycles. The number of ether oxygens (including phenoxy) is 2. The van der Waals surface area contributed by atoms with Gasteiger partial charge >= 0.3 is 0 Å². The molecule has 4 aromatic carbocycles. The Hall–Kier alpha value is -4.05. The van der Waals surface area contributed by atoms with E-state index in [1.807, 2.05) is 0 Å². The van der Waals surface area contributed by atoms with E-state index < -0.39 is 9.84 Å². The Morgan fingerprint density at radius 3 is 0.939 bits per heavy atom. The lowest BCUT2D eigenvalue weighted by Crippen LogP contribution is -2.02. The second-order valence-electron chi connectivity index (χ2n) is 6.83. The van der Waals surface area contributed by atoms with Gasteiger partial charge in [0, 0.05) is 0 Å². The highest BCUT2D eigenvalue weighted by atomic mass is 32.2. The maximum atomic E-state index is 13.0. The van der Waals surface area contributed by atoms with Gasteiger partial charge in [0.1, 0.15) is 34.5 Å². The van der Waals surface area contributed by atoms with Gasteiger partial charge in [-0.15, -0.1) is 0 Å². The number of hydrogen-bond donors (Lipinski definition) is 2. The summed E-state index contributed by atoms with van der Waals surface area (Å²) in [4.78, 5) is 9.53. The van der Waals surface area contributed by atoms with E-state index in [0.29, 0.717) is 34.5 Å². The first kappa shape index (κ1) is 22.2. The molecule has 0 saturated carbocycles. The van der Waals surface area contributed by atoms with E-state index in [-0.39, 0.29) is 9.79 Å². The monoisotopic (exact) mass is 464 g/mol. The van der Waals surface area contributed by atoms with Gasteiger partial charge in [0.05, 0.1) is 9.79 Å². The number of hydrogen-bond acceptors (Lipinski definition) is 8. The minimum Gasteiger partial charge on any atom is -0.457 e. The molecule has 0 aromatic heterocycles. The second kappa shape index (κ2) is 9.61. The van der Waals surface area contributed by atoms with Crippen LogP contribution in [0.3, 0.4) is 0 Å². The Morgan fingerprint density at radius 2 is 0.667 bits per heavy atom. The smallest absolute Gasteiger partial charge is 0.206 e. The summed E-state index contributed by atoms with van der Waals surface area (Å²) in [7, 11) is -3.71. The third kappa shape index (κ3) is 5.24. The van der Waals surface area contributed by atoms with Crippen LogP contribution in [0.15, 0.2) is 107 Å². The lowest BCUT2D eigenvalue weighted by molar-refractivity contribution is 0.334. The summed E-state index contributed by atoms with van der Waals surface area (Å²) >= 11 is 0. The minimum absolute atomic E-state index is 0.146. The van der Waals surface area contributed by atoms with Gasteiger partial charge in [0.15, 0.2) is 0 Å². The number of sulfone groups is 1. The molecule has 168 valence electrons. The predicted octanol–water partition coefficient (Wildman–Crippen LogP) is 4.61. The topological polar surface area (TPSA) is 123 Å². The lowest BCUT2D eigenvalue weighted by atomic mass is 10.3. The maximum Gasteiger partial charge on any atom is 0.206 e. The molecule has 8 nitrogen and oxygen atoms in total. The zero-order valence-corrected chi connectivity index (χ0v) is 18.1. The van der Waals surface area contributed by atoms with Crippen molar-refractivity contribution in [1.82, 2.24) is 0 Å². The average Bonchev–Trinajstić information content (AvgIpc) is 2.86. The number of benzene rings is 4. The van der Waals surface area contributed by atoms with E-state index in [2.05, 4.69) is 9.68 Å². The van der Waals surface area contributed by atoms with Crippen LogP contribution in [0.5, 0.6) is 34.5 Å². The normalized spacial score (nSPS) is 11.0. The third-order valence-corrected chi connectivity index (χ3v) is 6.44. The molecule has 0 bridgehead atoms. The Morgan fingerprint density at radius 1 is 0.424 bits per heavy atom. The predicted molar refractivity (Wildman–Crippen MR) is 121 cm³/mol. The summed E-state index contributed by atoms with van der Waals surface area (Å²) in [6.07, 6.45) is 0. The first-order chi connectivity index (χ1) is 16.0. The molecule has 0 amide bonds. The number of nitrogens with two attached hydrogens (primary N) is 2. The van der Waals surface area contributed by atoms with Gasteiger partial charge < -0.3 is 19.1 Å².